The summed E-state index contributed by atoms with van der Waals surface area (Å²) in [7, 11) is -3.63. The molecule has 0 radical (unpaired) electrons. The van der Waals surface area contributed by atoms with Gasteiger partial charge in [0.2, 0.25) is 10.0 Å². The van der Waals surface area contributed by atoms with E-state index in [1.165, 1.54) is 4.31 Å². The van der Waals surface area contributed by atoms with E-state index in [2.05, 4.69) is 0 Å². The summed E-state index contributed by atoms with van der Waals surface area (Å²) in [5.74, 6) is 0. The maximum absolute atomic E-state index is 12.7. The van der Waals surface area contributed by atoms with Crippen molar-refractivity contribution in [1.29, 1.82) is 0 Å². The van der Waals surface area contributed by atoms with Gasteiger partial charge < -0.3 is 9.84 Å². The molecule has 7 heteroatoms. The zero-order valence-electron chi connectivity index (χ0n) is 11.4. The van der Waals surface area contributed by atoms with Gasteiger partial charge in [-0.2, -0.15) is 4.31 Å². The van der Waals surface area contributed by atoms with Crippen LogP contribution in [0.15, 0.2) is 23.1 Å². The molecule has 1 aromatic rings. The van der Waals surface area contributed by atoms with Crippen molar-refractivity contribution in [2.45, 2.75) is 31.0 Å². The van der Waals surface area contributed by atoms with E-state index in [4.69, 9.17) is 16.3 Å². The molecule has 0 amide bonds. The highest BCUT2D eigenvalue weighted by Gasteiger charge is 2.34. The smallest absolute Gasteiger partial charge is 0.243 e. The van der Waals surface area contributed by atoms with Crippen LogP contribution in [0.4, 0.5) is 0 Å². The average Bonchev–Trinajstić information content (AvgIpc) is 2.40. The Labute approximate surface area is 124 Å². The van der Waals surface area contributed by atoms with Crippen molar-refractivity contribution in [3.8, 4) is 0 Å². The SMILES string of the molecule is Cc1c(Cl)cccc1S(=O)(=O)N1CC(C)OC(CO)C1. The zero-order chi connectivity index (χ0) is 14.9. The fraction of sp³-hybridized carbons (Fsp3) is 0.538. The number of ether oxygens (including phenoxy) is 1. The fourth-order valence-electron chi connectivity index (χ4n) is 2.31. The van der Waals surface area contributed by atoms with Crippen molar-refractivity contribution in [3.05, 3.63) is 28.8 Å². The molecule has 0 aromatic heterocycles. The second kappa shape index (κ2) is 5.99. The van der Waals surface area contributed by atoms with E-state index in [0.717, 1.165) is 0 Å². The number of hydrogen-bond acceptors (Lipinski definition) is 4. The Morgan fingerprint density at radius 3 is 2.80 bits per heavy atom. The quantitative estimate of drug-likeness (QED) is 0.915. The predicted molar refractivity (Wildman–Crippen MR) is 76.4 cm³/mol. The molecular weight excluding hydrogens is 302 g/mol. The molecule has 1 aliphatic heterocycles. The van der Waals surface area contributed by atoms with Crippen LogP contribution in [0.3, 0.4) is 0 Å². The molecule has 1 aromatic carbocycles. The van der Waals surface area contributed by atoms with Crippen molar-refractivity contribution < 1.29 is 18.3 Å². The van der Waals surface area contributed by atoms with Crippen molar-refractivity contribution in [1.82, 2.24) is 4.31 Å². The third kappa shape index (κ3) is 2.99. The largest absolute Gasteiger partial charge is 0.394 e. The second-order valence-electron chi connectivity index (χ2n) is 4.94. The highest BCUT2D eigenvalue weighted by Crippen LogP contribution is 2.27. The Balaban J connectivity index is 2.37. The first-order valence-electron chi connectivity index (χ1n) is 6.38. The van der Waals surface area contributed by atoms with E-state index in [1.807, 2.05) is 0 Å². The first-order chi connectivity index (χ1) is 9.36. The molecule has 2 rings (SSSR count). The molecule has 0 spiro atoms. The molecule has 1 aliphatic rings. The summed E-state index contributed by atoms with van der Waals surface area (Å²) < 4.78 is 32.2. The van der Waals surface area contributed by atoms with Crippen molar-refractivity contribution in [2.75, 3.05) is 19.7 Å². The fourth-order valence-corrected chi connectivity index (χ4v) is 4.33. The van der Waals surface area contributed by atoms with Gasteiger partial charge in [0.25, 0.3) is 0 Å². The van der Waals surface area contributed by atoms with Crippen LogP contribution in [0.5, 0.6) is 0 Å². The number of sulfonamides is 1. The molecule has 1 heterocycles. The van der Waals surface area contributed by atoms with Crippen molar-refractivity contribution >= 4 is 21.6 Å². The molecule has 5 nitrogen and oxygen atoms in total. The van der Waals surface area contributed by atoms with Crippen LogP contribution in [-0.2, 0) is 14.8 Å². The summed E-state index contributed by atoms with van der Waals surface area (Å²) in [6, 6.07) is 4.83. The molecule has 2 atom stereocenters. The van der Waals surface area contributed by atoms with Crippen LogP contribution in [0, 0.1) is 6.92 Å². The Bertz CT molecular complexity index is 590. The van der Waals surface area contributed by atoms with Crippen LogP contribution in [-0.4, -0.2) is 49.7 Å². The van der Waals surface area contributed by atoms with E-state index < -0.39 is 16.1 Å². The molecule has 1 saturated heterocycles. The van der Waals surface area contributed by atoms with E-state index in [-0.39, 0.29) is 30.7 Å². The monoisotopic (exact) mass is 319 g/mol. The standard InChI is InChI=1S/C13H18ClNO4S/c1-9-6-15(7-11(8-16)19-9)20(17,18)13-5-3-4-12(14)10(13)2/h3-5,9,11,16H,6-8H2,1-2H3. The second-order valence-corrected chi connectivity index (χ2v) is 7.25. The van der Waals surface area contributed by atoms with Gasteiger partial charge in [0.1, 0.15) is 0 Å². The third-order valence-electron chi connectivity index (χ3n) is 3.33. The van der Waals surface area contributed by atoms with E-state index in [1.54, 1.807) is 32.0 Å². The number of nitrogens with zero attached hydrogens (tertiary/aromatic N) is 1. The summed E-state index contributed by atoms with van der Waals surface area (Å²) >= 11 is 6.00. The first kappa shape index (κ1) is 15.7. The summed E-state index contributed by atoms with van der Waals surface area (Å²) in [5.41, 5.74) is 0.536. The third-order valence-corrected chi connectivity index (χ3v) is 5.72. The van der Waals surface area contributed by atoms with E-state index in [9.17, 15) is 13.5 Å². The van der Waals surface area contributed by atoms with Gasteiger partial charge in [-0.3, -0.25) is 0 Å². The van der Waals surface area contributed by atoms with Gasteiger partial charge >= 0.3 is 0 Å². The van der Waals surface area contributed by atoms with Crippen LogP contribution in [0.2, 0.25) is 5.02 Å². The maximum atomic E-state index is 12.7. The zero-order valence-corrected chi connectivity index (χ0v) is 13.0. The molecule has 0 bridgehead atoms. The molecule has 20 heavy (non-hydrogen) atoms. The number of aliphatic hydroxyl groups is 1. The van der Waals surface area contributed by atoms with Gasteiger partial charge in [0.05, 0.1) is 23.7 Å². The molecule has 0 aliphatic carbocycles. The van der Waals surface area contributed by atoms with E-state index >= 15 is 0 Å². The van der Waals surface area contributed by atoms with Crippen molar-refractivity contribution in [2.24, 2.45) is 0 Å². The van der Waals surface area contributed by atoms with Crippen molar-refractivity contribution in [3.63, 3.8) is 0 Å². The minimum Gasteiger partial charge on any atom is -0.394 e. The Morgan fingerprint density at radius 1 is 1.45 bits per heavy atom. The summed E-state index contributed by atoms with van der Waals surface area (Å²) in [5, 5.41) is 9.62. The normalized spacial score (nSPS) is 24.8. The molecule has 2 unspecified atom stereocenters. The Morgan fingerprint density at radius 2 is 2.15 bits per heavy atom. The van der Waals surface area contributed by atoms with Gasteiger partial charge in [-0.1, -0.05) is 17.7 Å². The predicted octanol–water partition coefficient (Wildman–Crippen LogP) is 1.42. The number of halogens is 1. The average molecular weight is 320 g/mol. The molecular formula is C13H18ClNO4S. The lowest BCUT2D eigenvalue weighted by Gasteiger charge is -2.35. The molecule has 0 saturated carbocycles. The minimum absolute atomic E-state index is 0.148. The number of morpholine rings is 1. The van der Waals surface area contributed by atoms with Crippen LogP contribution >= 0.6 is 11.6 Å². The highest BCUT2D eigenvalue weighted by molar-refractivity contribution is 7.89. The molecule has 1 N–H and O–H groups in total. The van der Waals surface area contributed by atoms with Crippen LogP contribution < -0.4 is 0 Å². The lowest BCUT2D eigenvalue weighted by atomic mass is 10.2. The lowest BCUT2D eigenvalue weighted by Crippen LogP contribution is -2.50. The van der Waals surface area contributed by atoms with Gasteiger partial charge in [0.15, 0.2) is 0 Å². The van der Waals surface area contributed by atoms with Crippen LogP contribution in [0.25, 0.3) is 0 Å². The number of aliphatic hydroxyl groups excluding tert-OH is 1. The number of rotatable bonds is 3. The summed E-state index contributed by atoms with van der Waals surface area (Å²) in [6.45, 7) is 3.68. The topological polar surface area (TPSA) is 66.8 Å². The molecule has 112 valence electrons. The van der Waals surface area contributed by atoms with E-state index in [0.29, 0.717) is 10.6 Å². The van der Waals surface area contributed by atoms with Gasteiger partial charge in [-0.05, 0) is 31.5 Å². The maximum Gasteiger partial charge on any atom is 0.243 e. The number of benzene rings is 1. The Hall–Kier alpha value is -0.660. The summed E-state index contributed by atoms with van der Waals surface area (Å²) in [4.78, 5) is 0.204. The summed E-state index contributed by atoms with van der Waals surface area (Å²) in [6.07, 6.45) is -0.747. The Kier molecular flexibility index (Phi) is 4.71. The van der Waals surface area contributed by atoms with Gasteiger partial charge in [-0.15, -0.1) is 0 Å². The van der Waals surface area contributed by atoms with Gasteiger partial charge in [-0.25, -0.2) is 8.42 Å². The minimum atomic E-state index is -3.63. The molecule has 1 fully saturated rings. The highest BCUT2D eigenvalue weighted by atomic mass is 35.5. The number of hydrogen-bond donors (Lipinski definition) is 1. The van der Waals surface area contributed by atoms with Gasteiger partial charge in [0, 0.05) is 18.1 Å². The first-order valence-corrected chi connectivity index (χ1v) is 8.19. The van der Waals surface area contributed by atoms with Crippen LogP contribution in [0.1, 0.15) is 12.5 Å². The lowest BCUT2D eigenvalue weighted by molar-refractivity contribution is -0.0750.